The first-order valence-electron chi connectivity index (χ1n) is 5.84. The molecule has 0 aliphatic heterocycles. The highest BCUT2D eigenvalue weighted by atomic mass is 35.5. The van der Waals surface area contributed by atoms with Gasteiger partial charge < -0.3 is 9.84 Å². The Morgan fingerprint density at radius 2 is 2.06 bits per heavy atom. The molecular weight excluding hydrogens is 259 g/mol. The summed E-state index contributed by atoms with van der Waals surface area (Å²) in [4.78, 5) is 0. The van der Waals surface area contributed by atoms with Gasteiger partial charge in [0.05, 0.1) is 22.8 Å². The first-order chi connectivity index (χ1) is 8.04. The van der Waals surface area contributed by atoms with E-state index in [1.165, 1.54) is 0 Å². The molecule has 4 heteroatoms. The zero-order valence-electron chi connectivity index (χ0n) is 9.91. The summed E-state index contributed by atoms with van der Waals surface area (Å²) in [5.41, 5.74) is 0.703. The fourth-order valence-electron chi connectivity index (χ4n) is 2.06. The second-order valence-corrected chi connectivity index (χ2v) is 5.37. The van der Waals surface area contributed by atoms with Gasteiger partial charge in [-0.15, -0.1) is 0 Å². The minimum Gasteiger partial charge on any atom is -0.492 e. The van der Waals surface area contributed by atoms with E-state index in [0.717, 1.165) is 6.42 Å². The Kier molecular flexibility index (Phi) is 3.86. The van der Waals surface area contributed by atoms with Gasteiger partial charge in [-0.2, -0.15) is 0 Å². The number of benzene rings is 1. The molecule has 3 unspecified atom stereocenters. The molecular formula is C13H16Cl2O2. The Bertz CT molecular complexity index is 420. The average molecular weight is 275 g/mol. The molecule has 94 valence electrons. The molecule has 3 atom stereocenters. The Morgan fingerprint density at radius 3 is 2.59 bits per heavy atom. The van der Waals surface area contributed by atoms with E-state index in [9.17, 15) is 5.11 Å². The van der Waals surface area contributed by atoms with Gasteiger partial charge in [-0.1, -0.05) is 30.1 Å². The molecule has 0 saturated heterocycles. The maximum atomic E-state index is 10.2. The third kappa shape index (κ3) is 2.70. The highest BCUT2D eigenvalue weighted by Crippen LogP contribution is 2.49. The lowest BCUT2D eigenvalue weighted by Gasteiger charge is -2.15. The summed E-state index contributed by atoms with van der Waals surface area (Å²) in [7, 11) is 0. The van der Waals surface area contributed by atoms with Crippen molar-refractivity contribution >= 4 is 23.2 Å². The van der Waals surface area contributed by atoms with Crippen molar-refractivity contribution in [3.63, 3.8) is 0 Å². The van der Waals surface area contributed by atoms with Crippen LogP contribution in [0.2, 0.25) is 10.0 Å². The number of halogens is 2. The minimum atomic E-state index is -0.523. The van der Waals surface area contributed by atoms with Crippen molar-refractivity contribution in [2.75, 3.05) is 6.61 Å². The number of aliphatic hydroxyl groups excluding tert-OH is 1. The van der Waals surface area contributed by atoms with Crippen molar-refractivity contribution < 1.29 is 9.84 Å². The van der Waals surface area contributed by atoms with E-state index in [4.69, 9.17) is 27.9 Å². The molecule has 0 bridgehead atoms. The van der Waals surface area contributed by atoms with Gasteiger partial charge in [0.2, 0.25) is 0 Å². The second kappa shape index (κ2) is 5.05. The molecule has 1 aromatic carbocycles. The van der Waals surface area contributed by atoms with Gasteiger partial charge >= 0.3 is 0 Å². The number of rotatable bonds is 4. The Hall–Kier alpha value is -0.440. The molecule has 1 fully saturated rings. The van der Waals surface area contributed by atoms with Crippen LogP contribution in [0.15, 0.2) is 12.1 Å². The monoisotopic (exact) mass is 274 g/mol. The van der Waals surface area contributed by atoms with Gasteiger partial charge in [-0.3, -0.25) is 0 Å². The van der Waals surface area contributed by atoms with Gasteiger partial charge in [0, 0.05) is 11.6 Å². The molecule has 1 N–H and O–H groups in total. The fourth-order valence-corrected chi connectivity index (χ4v) is 2.55. The van der Waals surface area contributed by atoms with Crippen molar-refractivity contribution in [3.05, 3.63) is 27.7 Å². The van der Waals surface area contributed by atoms with E-state index < -0.39 is 6.10 Å². The van der Waals surface area contributed by atoms with E-state index in [1.54, 1.807) is 12.1 Å². The minimum absolute atomic E-state index is 0.307. The molecule has 1 saturated carbocycles. The second-order valence-electron chi connectivity index (χ2n) is 4.56. The lowest BCUT2D eigenvalue weighted by Crippen LogP contribution is -2.03. The fraction of sp³-hybridized carbons (Fsp3) is 0.538. The van der Waals surface area contributed by atoms with Crippen LogP contribution in [-0.2, 0) is 0 Å². The maximum absolute atomic E-state index is 10.2. The lowest BCUT2D eigenvalue weighted by molar-refractivity contribution is 0.148. The Balaban J connectivity index is 2.26. The molecule has 1 aromatic rings. The Labute approximate surface area is 111 Å². The summed E-state index contributed by atoms with van der Waals surface area (Å²) in [6, 6.07) is 3.39. The average Bonchev–Trinajstić information content (AvgIpc) is 3.00. The van der Waals surface area contributed by atoms with Crippen LogP contribution in [-0.4, -0.2) is 11.7 Å². The van der Waals surface area contributed by atoms with Crippen LogP contribution in [0.5, 0.6) is 5.75 Å². The molecule has 0 amide bonds. The number of hydrogen-bond acceptors (Lipinski definition) is 2. The van der Waals surface area contributed by atoms with Crippen molar-refractivity contribution in [3.8, 4) is 5.75 Å². The van der Waals surface area contributed by atoms with Gasteiger partial charge in [-0.25, -0.2) is 0 Å². The van der Waals surface area contributed by atoms with Crippen LogP contribution in [0.3, 0.4) is 0 Å². The predicted octanol–water partition coefficient (Wildman–Crippen LogP) is 4.08. The van der Waals surface area contributed by atoms with Crippen molar-refractivity contribution in [1.82, 2.24) is 0 Å². The van der Waals surface area contributed by atoms with Gasteiger partial charge in [0.1, 0.15) is 5.75 Å². The summed E-state index contributed by atoms with van der Waals surface area (Å²) in [6.45, 7) is 4.55. The quantitative estimate of drug-likeness (QED) is 0.897. The first-order valence-corrected chi connectivity index (χ1v) is 6.60. The molecule has 1 aliphatic rings. The SMILES string of the molecule is CCOc1cc(Cl)c(C(O)C2CC2C)cc1Cl. The van der Waals surface area contributed by atoms with Crippen LogP contribution in [0.1, 0.15) is 31.9 Å². The lowest BCUT2D eigenvalue weighted by atomic mass is 10.0. The summed E-state index contributed by atoms with van der Waals surface area (Å²) in [5.74, 6) is 1.44. The Morgan fingerprint density at radius 1 is 1.41 bits per heavy atom. The van der Waals surface area contributed by atoms with Crippen molar-refractivity contribution in [2.24, 2.45) is 11.8 Å². The van der Waals surface area contributed by atoms with E-state index >= 15 is 0 Å². The van der Waals surface area contributed by atoms with Gasteiger partial charge in [0.25, 0.3) is 0 Å². The van der Waals surface area contributed by atoms with Gasteiger partial charge in [-0.05, 0) is 31.2 Å². The molecule has 2 rings (SSSR count). The zero-order chi connectivity index (χ0) is 12.6. The van der Waals surface area contributed by atoms with E-state index in [2.05, 4.69) is 6.92 Å². The normalized spacial score (nSPS) is 24.5. The summed E-state index contributed by atoms with van der Waals surface area (Å²) in [6.07, 6.45) is 0.521. The molecule has 2 nitrogen and oxygen atoms in total. The van der Waals surface area contributed by atoms with E-state index in [1.807, 2.05) is 6.92 Å². The van der Waals surface area contributed by atoms with E-state index in [0.29, 0.717) is 39.8 Å². The van der Waals surface area contributed by atoms with Crippen LogP contribution in [0.4, 0.5) is 0 Å². The van der Waals surface area contributed by atoms with Crippen molar-refractivity contribution in [1.29, 1.82) is 0 Å². The third-order valence-electron chi connectivity index (χ3n) is 3.25. The number of hydrogen-bond donors (Lipinski definition) is 1. The molecule has 0 heterocycles. The largest absolute Gasteiger partial charge is 0.492 e. The van der Waals surface area contributed by atoms with Crippen LogP contribution < -0.4 is 4.74 Å². The first kappa shape index (κ1) is 13.0. The highest BCUT2D eigenvalue weighted by molar-refractivity contribution is 6.34. The summed E-state index contributed by atoms with van der Waals surface area (Å²) < 4.78 is 5.35. The van der Waals surface area contributed by atoms with E-state index in [-0.39, 0.29) is 0 Å². The van der Waals surface area contributed by atoms with Gasteiger partial charge in [0.15, 0.2) is 0 Å². The van der Waals surface area contributed by atoms with Crippen LogP contribution >= 0.6 is 23.2 Å². The van der Waals surface area contributed by atoms with Crippen LogP contribution in [0, 0.1) is 11.8 Å². The molecule has 0 spiro atoms. The topological polar surface area (TPSA) is 29.5 Å². The molecule has 0 radical (unpaired) electrons. The standard InChI is InChI=1S/C13H16Cl2O2/c1-3-17-12-6-10(14)9(5-11(12)15)13(16)8-4-7(8)2/h5-8,13,16H,3-4H2,1-2H3. The molecule has 1 aliphatic carbocycles. The van der Waals surface area contributed by atoms with Crippen molar-refractivity contribution in [2.45, 2.75) is 26.4 Å². The zero-order valence-corrected chi connectivity index (χ0v) is 11.4. The van der Waals surface area contributed by atoms with Crippen LogP contribution in [0.25, 0.3) is 0 Å². The summed E-state index contributed by atoms with van der Waals surface area (Å²) >= 11 is 12.2. The third-order valence-corrected chi connectivity index (χ3v) is 3.87. The smallest absolute Gasteiger partial charge is 0.139 e. The molecule has 17 heavy (non-hydrogen) atoms. The molecule has 0 aromatic heterocycles. The summed E-state index contributed by atoms with van der Waals surface area (Å²) in [5, 5.41) is 11.2. The highest BCUT2D eigenvalue weighted by Gasteiger charge is 2.40. The maximum Gasteiger partial charge on any atom is 0.139 e. The number of ether oxygens (including phenoxy) is 1. The number of aliphatic hydroxyl groups is 1. The predicted molar refractivity (Wildman–Crippen MR) is 69.9 cm³/mol.